The summed E-state index contributed by atoms with van der Waals surface area (Å²) in [7, 11) is -3.69. The van der Waals surface area contributed by atoms with Crippen molar-refractivity contribution in [2.75, 3.05) is 18.4 Å². The molecule has 0 atom stereocenters. The molecule has 0 aliphatic heterocycles. The lowest BCUT2D eigenvalue weighted by molar-refractivity contribution is -0.114. The van der Waals surface area contributed by atoms with Gasteiger partial charge in [-0.25, -0.2) is 13.1 Å². The summed E-state index contributed by atoms with van der Waals surface area (Å²) in [5.74, 6) is -0.481. The Morgan fingerprint density at radius 2 is 1.62 bits per heavy atom. The maximum absolute atomic E-state index is 12.2. The summed E-state index contributed by atoms with van der Waals surface area (Å²) in [5, 5.41) is 5.25. The van der Waals surface area contributed by atoms with Crippen molar-refractivity contribution in [3.63, 3.8) is 0 Å². The van der Waals surface area contributed by atoms with Crippen LogP contribution in [0.3, 0.4) is 0 Å². The number of carbonyl (C=O) groups excluding carboxylic acids is 2. The maximum Gasteiger partial charge on any atom is 0.251 e. The highest BCUT2D eigenvalue weighted by Crippen LogP contribution is 2.13. The third kappa shape index (κ3) is 5.40. The lowest BCUT2D eigenvalue weighted by Crippen LogP contribution is -2.34. The molecule has 26 heavy (non-hydrogen) atoms. The fourth-order valence-electron chi connectivity index (χ4n) is 2.29. The summed E-state index contributed by atoms with van der Waals surface area (Å²) in [5.41, 5.74) is 1.93. The van der Waals surface area contributed by atoms with Crippen LogP contribution in [0, 0.1) is 6.92 Å². The molecule has 0 aliphatic carbocycles. The molecule has 0 bridgehead atoms. The van der Waals surface area contributed by atoms with Crippen molar-refractivity contribution in [3.8, 4) is 0 Å². The first-order valence-electron chi connectivity index (χ1n) is 8.01. The molecule has 0 spiro atoms. The highest BCUT2D eigenvalue weighted by atomic mass is 32.2. The molecule has 7 nitrogen and oxygen atoms in total. The minimum atomic E-state index is -3.69. The zero-order valence-corrected chi connectivity index (χ0v) is 15.4. The first-order chi connectivity index (χ1) is 12.3. The van der Waals surface area contributed by atoms with Gasteiger partial charge in [0, 0.05) is 31.3 Å². The second-order valence-corrected chi connectivity index (χ2v) is 7.44. The summed E-state index contributed by atoms with van der Waals surface area (Å²) >= 11 is 0. The van der Waals surface area contributed by atoms with Gasteiger partial charge in [-0.3, -0.25) is 9.59 Å². The van der Waals surface area contributed by atoms with Crippen LogP contribution in [0.4, 0.5) is 5.69 Å². The minimum absolute atomic E-state index is 0.0629. The Morgan fingerprint density at radius 3 is 2.23 bits per heavy atom. The minimum Gasteiger partial charge on any atom is -0.351 e. The molecule has 0 saturated carbocycles. The van der Waals surface area contributed by atoms with Crippen molar-refractivity contribution in [2.45, 2.75) is 18.7 Å². The second kappa shape index (κ2) is 8.59. The first kappa shape index (κ1) is 19.6. The Morgan fingerprint density at radius 1 is 0.962 bits per heavy atom. The number of carbonyl (C=O) groups is 2. The number of rotatable bonds is 7. The summed E-state index contributed by atoms with van der Waals surface area (Å²) in [4.78, 5) is 23.1. The van der Waals surface area contributed by atoms with Crippen LogP contribution in [0.1, 0.15) is 22.8 Å². The van der Waals surface area contributed by atoms with Gasteiger partial charge in [0.15, 0.2) is 0 Å². The van der Waals surface area contributed by atoms with E-state index in [0.29, 0.717) is 11.3 Å². The summed E-state index contributed by atoms with van der Waals surface area (Å²) in [6.07, 6.45) is 0. The van der Waals surface area contributed by atoms with Gasteiger partial charge >= 0.3 is 0 Å². The van der Waals surface area contributed by atoms with E-state index in [2.05, 4.69) is 15.4 Å². The molecule has 2 aromatic rings. The molecule has 0 saturated heterocycles. The molecule has 2 aromatic carbocycles. The van der Waals surface area contributed by atoms with E-state index in [1.54, 1.807) is 12.1 Å². The molecule has 2 amide bonds. The molecule has 0 unspecified atom stereocenters. The largest absolute Gasteiger partial charge is 0.351 e. The number of hydrogen-bond acceptors (Lipinski definition) is 4. The van der Waals surface area contributed by atoms with E-state index in [9.17, 15) is 18.0 Å². The van der Waals surface area contributed by atoms with E-state index >= 15 is 0 Å². The summed E-state index contributed by atoms with van der Waals surface area (Å²) < 4.78 is 26.9. The highest BCUT2D eigenvalue weighted by Gasteiger charge is 2.14. The second-order valence-electron chi connectivity index (χ2n) is 5.67. The molecule has 0 aliphatic rings. The Labute approximate surface area is 152 Å². The first-order valence-corrected chi connectivity index (χ1v) is 9.49. The summed E-state index contributed by atoms with van der Waals surface area (Å²) in [6.45, 7) is 3.43. The van der Waals surface area contributed by atoms with Gasteiger partial charge in [0.2, 0.25) is 15.9 Å². The van der Waals surface area contributed by atoms with E-state index in [1.807, 2.05) is 19.1 Å². The Balaban J connectivity index is 1.87. The Kier molecular flexibility index (Phi) is 6.48. The van der Waals surface area contributed by atoms with Crippen LogP contribution in [0.2, 0.25) is 0 Å². The number of benzene rings is 2. The molecule has 0 radical (unpaired) electrons. The molecule has 0 fully saturated rings. The molecule has 138 valence electrons. The van der Waals surface area contributed by atoms with Crippen LogP contribution in [0.25, 0.3) is 0 Å². The predicted molar refractivity (Wildman–Crippen MR) is 99.4 cm³/mol. The van der Waals surface area contributed by atoms with E-state index in [0.717, 1.165) is 5.56 Å². The third-order valence-electron chi connectivity index (χ3n) is 3.58. The quantitative estimate of drug-likeness (QED) is 0.640. The average molecular weight is 375 g/mol. The normalized spacial score (nSPS) is 11.0. The number of nitrogens with one attached hydrogen (secondary N) is 3. The van der Waals surface area contributed by atoms with Crippen LogP contribution in [-0.2, 0) is 14.8 Å². The zero-order valence-electron chi connectivity index (χ0n) is 14.6. The number of sulfonamides is 1. The van der Waals surface area contributed by atoms with Crippen molar-refractivity contribution < 1.29 is 18.0 Å². The van der Waals surface area contributed by atoms with Crippen molar-refractivity contribution in [1.29, 1.82) is 0 Å². The predicted octanol–water partition coefficient (Wildman–Crippen LogP) is 1.66. The Bertz CT molecular complexity index is 893. The SMILES string of the molecule is CC(=O)Nc1ccc(S(=O)(=O)NCCNC(=O)c2ccccc2C)cc1. The van der Waals surface area contributed by atoms with Crippen molar-refractivity contribution in [2.24, 2.45) is 0 Å². The van der Waals surface area contributed by atoms with Gasteiger partial charge in [-0.1, -0.05) is 18.2 Å². The number of aryl methyl sites for hydroxylation is 1. The van der Waals surface area contributed by atoms with Crippen LogP contribution in [-0.4, -0.2) is 33.3 Å². The third-order valence-corrected chi connectivity index (χ3v) is 5.05. The number of anilines is 1. The van der Waals surface area contributed by atoms with Crippen LogP contribution in [0.5, 0.6) is 0 Å². The van der Waals surface area contributed by atoms with E-state index < -0.39 is 10.0 Å². The van der Waals surface area contributed by atoms with Crippen molar-refractivity contribution in [3.05, 3.63) is 59.7 Å². The van der Waals surface area contributed by atoms with E-state index in [1.165, 1.54) is 31.2 Å². The molecular weight excluding hydrogens is 354 g/mol. The standard InChI is InChI=1S/C18H21N3O4S/c1-13-5-3-4-6-17(13)18(23)19-11-12-20-26(24,25)16-9-7-15(8-10-16)21-14(2)22/h3-10,20H,11-12H2,1-2H3,(H,19,23)(H,21,22). The van der Waals surface area contributed by atoms with Gasteiger partial charge in [-0.15, -0.1) is 0 Å². The van der Waals surface area contributed by atoms with Crippen LogP contribution < -0.4 is 15.4 Å². The van der Waals surface area contributed by atoms with Gasteiger partial charge < -0.3 is 10.6 Å². The van der Waals surface area contributed by atoms with Crippen LogP contribution >= 0.6 is 0 Å². The fraction of sp³-hybridized carbons (Fsp3) is 0.222. The molecule has 0 aromatic heterocycles. The molecular formula is C18H21N3O4S. The Hall–Kier alpha value is -2.71. The monoisotopic (exact) mass is 375 g/mol. The molecule has 0 heterocycles. The van der Waals surface area contributed by atoms with Gasteiger partial charge in [-0.2, -0.15) is 0 Å². The van der Waals surface area contributed by atoms with Crippen molar-refractivity contribution >= 4 is 27.5 Å². The zero-order chi connectivity index (χ0) is 19.2. The van der Waals surface area contributed by atoms with E-state index in [-0.39, 0.29) is 29.8 Å². The van der Waals surface area contributed by atoms with Gasteiger partial charge in [0.05, 0.1) is 4.90 Å². The summed E-state index contributed by atoms with van der Waals surface area (Å²) in [6, 6.07) is 13.0. The molecule has 2 rings (SSSR count). The van der Waals surface area contributed by atoms with Crippen LogP contribution in [0.15, 0.2) is 53.4 Å². The van der Waals surface area contributed by atoms with Crippen molar-refractivity contribution in [1.82, 2.24) is 10.0 Å². The van der Waals surface area contributed by atoms with Gasteiger partial charge in [-0.05, 0) is 42.8 Å². The fourth-order valence-corrected chi connectivity index (χ4v) is 3.32. The smallest absolute Gasteiger partial charge is 0.251 e. The van der Waals surface area contributed by atoms with Gasteiger partial charge in [0.1, 0.15) is 0 Å². The lowest BCUT2D eigenvalue weighted by atomic mass is 10.1. The highest BCUT2D eigenvalue weighted by molar-refractivity contribution is 7.89. The van der Waals surface area contributed by atoms with Gasteiger partial charge in [0.25, 0.3) is 5.91 Å². The number of hydrogen-bond donors (Lipinski definition) is 3. The van der Waals surface area contributed by atoms with E-state index in [4.69, 9.17) is 0 Å². The number of amides is 2. The topological polar surface area (TPSA) is 104 Å². The molecule has 3 N–H and O–H groups in total. The average Bonchev–Trinajstić information content (AvgIpc) is 2.59. The maximum atomic E-state index is 12.2. The molecule has 8 heteroatoms. The lowest BCUT2D eigenvalue weighted by Gasteiger charge is -2.10.